The third-order valence-electron chi connectivity index (χ3n) is 7.12. The van der Waals surface area contributed by atoms with Crippen LogP contribution in [-0.4, -0.2) is 50.3 Å². The molecule has 2 amide bonds. The van der Waals surface area contributed by atoms with Crippen LogP contribution < -0.4 is 9.62 Å². The number of anilines is 1. The summed E-state index contributed by atoms with van der Waals surface area (Å²) in [6.45, 7) is 7.60. The van der Waals surface area contributed by atoms with Crippen LogP contribution in [0.2, 0.25) is 0 Å². The van der Waals surface area contributed by atoms with Crippen LogP contribution in [0.4, 0.5) is 5.69 Å². The fourth-order valence-corrected chi connectivity index (χ4v) is 6.10. The zero-order valence-corrected chi connectivity index (χ0v) is 24.7. The lowest BCUT2D eigenvalue weighted by atomic mass is 10.1. The number of carbonyl (C=O) groups excluding carboxylic acids is 2. The molecule has 1 N–H and O–H groups in total. The summed E-state index contributed by atoms with van der Waals surface area (Å²) >= 11 is 0. The van der Waals surface area contributed by atoms with E-state index < -0.39 is 28.5 Å². The highest BCUT2D eigenvalue weighted by molar-refractivity contribution is 7.92. The third-order valence-corrected chi connectivity index (χ3v) is 8.90. The quantitative estimate of drug-likeness (QED) is 0.292. The number of amides is 2. The summed E-state index contributed by atoms with van der Waals surface area (Å²) in [4.78, 5) is 29.1. The summed E-state index contributed by atoms with van der Waals surface area (Å²) in [5.41, 5.74) is 2.30. The molecule has 0 radical (unpaired) electrons. The van der Waals surface area contributed by atoms with Gasteiger partial charge in [0.25, 0.3) is 10.0 Å². The van der Waals surface area contributed by atoms with Gasteiger partial charge in [0.2, 0.25) is 11.8 Å². The van der Waals surface area contributed by atoms with E-state index in [1.165, 1.54) is 16.4 Å². The average molecular weight is 564 g/mol. The Morgan fingerprint density at radius 1 is 0.825 bits per heavy atom. The molecule has 0 aromatic heterocycles. The first-order chi connectivity index (χ1) is 19.2. The Labute approximate surface area is 239 Å². The van der Waals surface area contributed by atoms with Crippen molar-refractivity contribution >= 4 is 27.5 Å². The number of rotatable bonds is 14. The Hall–Kier alpha value is -3.65. The molecule has 3 aromatic carbocycles. The maximum absolute atomic E-state index is 14.1. The first-order valence-corrected chi connectivity index (χ1v) is 15.5. The van der Waals surface area contributed by atoms with Crippen molar-refractivity contribution in [3.63, 3.8) is 0 Å². The number of hydrogen-bond donors (Lipinski definition) is 1. The van der Waals surface area contributed by atoms with E-state index in [0.29, 0.717) is 24.9 Å². The predicted molar refractivity (Wildman–Crippen MR) is 161 cm³/mol. The van der Waals surface area contributed by atoms with E-state index in [0.717, 1.165) is 17.5 Å². The van der Waals surface area contributed by atoms with Gasteiger partial charge in [-0.05, 0) is 61.9 Å². The molecule has 0 unspecified atom stereocenters. The van der Waals surface area contributed by atoms with E-state index in [2.05, 4.69) is 5.32 Å². The van der Waals surface area contributed by atoms with Crippen molar-refractivity contribution in [3.8, 4) is 0 Å². The second-order valence-corrected chi connectivity index (χ2v) is 11.7. The third kappa shape index (κ3) is 7.72. The molecule has 0 saturated carbocycles. The van der Waals surface area contributed by atoms with Crippen molar-refractivity contribution in [2.45, 2.75) is 70.4 Å². The number of para-hydroxylation sites is 1. The number of benzene rings is 3. The summed E-state index contributed by atoms with van der Waals surface area (Å²) in [6.07, 6.45) is 2.30. The van der Waals surface area contributed by atoms with Gasteiger partial charge in [-0.3, -0.25) is 13.9 Å². The highest BCUT2D eigenvalue weighted by Gasteiger charge is 2.34. The molecule has 2 atom stereocenters. The first-order valence-electron chi connectivity index (χ1n) is 14.0. The van der Waals surface area contributed by atoms with Crippen molar-refractivity contribution in [3.05, 3.63) is 96.1 Å². The Bertz CT molecular complexity index is 1350. The molecule has 0 heterocycles. The van der Waals surface area contributed by atoms with Gasteiger partial charge in [-0.15, -0.1) is 0 Å². The number of nitrogens with one attached hydrogen (secondary N) is 1. The normalized spacial score (nSPS) is 12.8. The second-order valence-electron chi connectivity index (χ2n) is 9.87. The van der Waals surface area contributed by atoms with Gasteiger partial charge < -0.3 is 10.2 Å². The smallest absolute Gasteiger partial charge is 0.264 e. The lowest BCUT2D eigenvalue weighted by Crippen LogP contribution is -2.54. The van der Waals surface area contributed by atoms with Gasteiger partial charge in [0.15, 0.2) is 0 Å². The summed E-state index contributed by atoms with van der Waals surface area (Å²) in [6, 6.07) is 24.4. The van der Waals surface area contributed by atoms with E-state index in [4.69, 9.17) is 0 Å². The van der Waals surface area contributed by atoms with Crippen LogP contribution in [0.15, 0.2) is 89.8 Å². The van der Waals surface area contributed by atoms with E-state index in [1.54, 1.807) is 35.2 Å². The number of sulfonamides is 1. The second kappa shape index (κ2) is 14.7. The minimum absolute atomic E-state index is 0.0426. The molecule has 3 aromatic rings. The Morgan fingerprint density at radius 2 is 1.43 bits per heavy atom. The monoisotopic (exact) mass is 563 g/mol. The average Bonchev–Trinajstić information content (AvgIpc) is 2.98. The van der Waals surface area contributed by atoms with Gasteiger partial charge in [0, 0.05) is 12.6 Å². The fraction of sp³-hybridized carbons (Fsp3) is 0.375. The maximum Gasteiger partial charge on any atom is 0.264 e. The lowest BCUT2D eigenvalue weighted by Gasteiger charge is -2.34. The SMILES string of the molecule is CCc1ccccc1N(CC(=O)N(CCc1ccccc1)[C@H](CC)C(=O)N[C@H](C)CC)S(=O)(=O)c1ccccc1. The Balaban J connectivity index is 2.03. The van der Waals surface area contributed by atoms with Crippen molar-refractivity contribution in [2.24, 2.45) is 0 Å². The van der Waals surface area contributed by atoms with Gasteiger partial charge >= 0.3 is 0 Å². The summed E-state index contributed by atoms with van der Waals surface area (Å²) in [7, 11) is -4.07. The van der Waals surface area contributed by atoms with Crippen molar-refractivity contribution in [2.75, 3.05) is 17.4 Å². The van der Waals surface area contributed by atoms with Crippen molar-refractivity contribution in [1.29, 1.82) is 0 Å². The molecular formula is C32H41N3O4S. The minimum atomic E-state index is -4.07. The number of aryl methyl sites for hydroxylation is 1. The standard InChI is InChI=1S/C32H41N3O4S/c1-5-25(4)33-32(37)29(7-3)34(23-22-26-16-10-8-11-17-26)31(36)24-35(30-21-15-14-18-27(30)6-2)40(38,39)28-19-12-9-13-20-28/h8-21,25,29H,5-7,22-24H2,1-4H3,(H,33,37)/t25-,29-/m1/s1. The molecule has 3 rings (SSSR count). The summed E-state index contributed by atoms with van der Waals surface area (Å²) in [5.74, 6) is -0.655. The molecule has 8 heteroatoms. The van der Waals surface area contributed by atoms with Gasteiger partial charge in [0.1, 0.15) is 12.6 Å². The lowest BCUT2D eigenvalue weighted by molar-refractivity contribution is -0.139. The zero-order valence-electron chi connectivity index (χ0n) is 23.9. The fourth-order valence-electron chi connectivity index (χ4n) is 4.62. The Morgan fingerprint density at radius 3 is 2.02 bits per heavy atom. The molecule has 0 bridgehead atoms. The van der Waals surface area contributed by atoms with Crippen LogP contribution in [0.5, 0.6) is 0 Å². The van der Waals surface area contributed by atoms with E-state index >= 15 is 0 Å². The molecule has 0 aliphatic rings. The van der Waals surface area contributed by atoms with E-state index in [1.807, 2.05) is 70.2 Å². The van der Waals surface area contributed by atoms with Crippen LogP contribution in [0, 0.1) is 0 Å². The number of hydrogen-bond acceptors (Lipinski definition) is 4. The molecule has 40 heavy (non-hydrogen) atoms. The molecule has 7 nitrogen and oxygen atoms in total. The maximum atomic E-state index is 14.1. The predicted octanol–water partition coefficient (Wildman–Crippen LogP) is 5.21. The minimum Gasteiger partial charge on any atom is -0.352 e. The van der Waals surface area contributed by atoms with Gasteiger partial charge in [-0.1, -0.05) is 87.5 Å². The molecule has 0 aliphatic carbocycles. The van der Waals surface area contributed by atoms with Crippen LogP contribution in [0.1, 0.15) is 51.7 Å². The Kier molecular flexibility index (Phi) is 11.3. The molecule has 0 spiro atoms. The molecule has 0 saturated heterocycles. The van der Waals surface area contributed by atoms with Crippen molar-refractivity contribution in [1.82, 2.24) is 10.2 Å². The highest BCUT2D eigenvalue weighted by Crippen LogP contribution is 2.28. The summed E-state index contributed by atoms with van der Waals surface area (Å²) < 4.78 is 29.1. The first kappa shape index (κ1) is 30.9. The van der Waals surface area contributed by atoms with Crippen LogP contribution in [0.25, 0.3) is 0 Å². The van der Waals surface area contributed by atoms with Gasteiger partial charge in [-0.2, -0.15) is 0 Å². The van der Waals surface area contributed by atoms with E-state index in [9.17, 15) is 18.0 Å². The molecular weight excluding hydrogens is 522 g/mol. The van der Waals surface area contributed by atoms with E-state index in [-0.39, 0.29) is 23.4 Å². The molecule has 214 valence electrons. The van der Waals surface area contributed by atoms with Crippen LogP contribution in [-0.2, 0) is 32.5 Å². The highest BCUT2D eigenvalue weighted by atomic mass is 32.2. The summed E-state index contributed by atoms with van der Waals surface area (Å²) in [5, 5.41) is 3.01. The zero-order chi connectivity index (χ0) is 29.1. The van der Waals surface area contributed by atoms with Crippen molar-refractivity contribution < 1.29 is 18.0 Å². The number of nitrogens with zero attached hydrogens (tertiary/aromatic N) is 2. The molecule has 0 fully saturated rings. The topological polar surface area (TPSA) is 86.8 Å². The largest absolute Gasteiger partial charge is 0.352 e. The van der Waals surface area contributed by atoms with Gasteiger partial charge in [0.05, 0.1) is 10.6 Å². The number of carbonyl (C=O) groups is 2. The van der Waals surface area contributed by atoms with Crippen LogP contribution in [0.3, 0.4) is 0 Å². The molecule has 0 aliphatic heterocycles. The van der Waals surface area contributed by atoms with Gasteiger partial charge in [-0.25, -0.2) is 8.42 Å². The van der Waals surface area contributed by atoms with Crippen LogP contribution >= 0.6 is 0 Å².